The highest BCUT2D eigenvalue weighted by Crippen LogP contribution is 2.52. The molecule has 10 heteroatoms. The smallest absolute Gasteiger partial charge is 0.256 e. The van der Waals surface area contributed by atoms with Gasteiger partial charge < -0.3 is 41.3 Å². The van der Waals surface area contributed by atoms with Crippen molar-refractivity contribution in [1.29, 1.82) is 0 Å². The number of fused-ring (bicyclic) bond motifs is 3. The van der Waals surface area contributed by atoms with Crippen molar-refractivity contribution in [2.45, 2.75) is 26.3 Å². The number of hydrogen-bond acceptors (Lipinski definition) is 9. The molecule has 2 aromatic carbocycles. The van der Waals surface area contributed by atoms with E-state index in [-0.39, 0.29) is 40.3 Å². The first-order valence-electron chi connectivity index (χ1n) is 12.2. The van der Waals surface area contributed by atoms with Crippen LogP contribution in [-0.2, 0) is 19.4 Å². The van der Waals surface area contributed by atoms with Crippen LogP contribution in [0.1, 0.15) is 49.9 Å². The lowest BCUT2D eigenvalue weighted by atomic mass is 9.69. The summed E-state index contributed by atoms with van der Waals surface area (Å²) >= 11 is 0. The molecule has 0 aromatic heterocycles. The summed E-state index contributed by atoms with van der Waals surface area (Å²) in [5, 5.41) is 47.7. The molecule has 0 spiro atoms. The van der Waals surface area contributed by atoms with Gasteiger partial charge in [0.25, 0.3) is 5.91 Å². The summed E-state index contributed by atoms with van der Waals surface area (Å²) < 4.78 is 0. The van der Waals surface area contributed by atoms with E-state index in [1.807, 2.05) is 32.0 Å². The fraction of sp³-hybridized carbons (Fsp3) is 0.357. The van der Waals surface area contributed by atoms with Gasteiger partial charge in [-0.15, -0.1) is 0 Å². The number of anilines is 2. The summed E-state index contributed by atoms with van der Waals surface area (Å²) in [6.45, 7) is 6.60. The van der Waals surface area contributed by atoms with Crippen molar-refractivity contribution in [3.8, 4) is 17.2 Å². The molecule has 0 saturated heterocycles. The van der Waals surface area contributed by atoms with Crippen LogP contribution in [0, 0.1) is 5.92 Å². The van der Waals surface area contributed by atoms with Crippen molar-refractivity contribution >= 4 is 28.8 Å². The molecular formula is C28H34N4O6. The predicted octanol–water partition coefficient (Wildman–Crippen LogP) is 2.58. The number of nitrogens with one attached hydrogen (secondary N) is 1. The molecular weight excluding hydrogens is 488 g/mol. The Labute approximate surface area is 221 Å². The first-order valence-corrected chi connectivity index (χ1v) is 12.2. The second-order valence-corrected chi connectivity index (χ2v) is 10.4. The van der Waals surface area contributed by atoms with E-state index in [0.717, 1.165) is 11.3 Å². The van der Waals surface area contributed by atoms with E-state index in [1.54, 1.807) is 19.0 Å². The van der Waals surface area contributed by atoms with Crippen molar-refractivity contribution in [2.24, 2.45) is 11.7 Å². The van der Waals surface area contributed by atoms with E-state index in [4.69, 9.17) is 5.73 Å². The summed E-state index contributed by atoms with van der Waals surface area (Å²) in [6.07, 6.45) is 0.523. The lowest BCUT2D eigenvalue weighted by Crippen LogP contribution is -2.32. The van der Waals surface area contributed by atoms with Crippen molar-refractivity contribution in [3.05, 3.63) is 57.2 Å². The number of primary amides is 1. The molecule has 38 heavy (non-hydrogen) atoms. The number of allylic oxidation sites excluding steroid dienone is 1. The number of carbonyl (C=O) groups excluding carboxylic acids is 2. The molecule has 202 valence electrons. The van der Waals surface area contributed by atoms with Crippen molar-refractivity contribution in [3.63, 3.8) is 0 Å². The number of rotatable bonds is 7. The Morgan fingerprint density at radius 3 is 2.21 bits per heavy atom. The number of aliphatic hydroxyl groups excluding tert-OH is 1. The zero-order valence-corrected chi connectivity index (χ0v) is 22.3. The molecule has 0 radical (unpaired) electrons. The summed E-state index contributed by atoms with van der Waals surface area (Å²) in [6, 6.07) is 1.86. The Bertz CT molecular complexity index is 1420. The van der Waals surface area contributed by atoms with Gasteiger partial charge in [-0.3, -0.25) is 9.59 Å². The zero-order chi connectivity index (χ0) is 28.2. The Morgan fingerprint density at radius 1 is 1.03 bits per heavy atom. The van der Waals surface area contributed by atoms with Crippen LogP contribution < -0.4 is 20.9 Å². The molecule has 0 fully saturated rings. The molecule has 2 aromatic rings. The van der Waals surface area contributed by atoms with Crippen LogP contribution in [0.25, 0.3) is 5.76 Å². The number of aliphatic hydroxyl groups is 1. The van der Waals surface area contributed by atoms with Crippen molar-refractivity contribution in [1.82, 2.24) is 5.32 Å². The summed E-state index contributed by atoms with van der Waals surface area (Å²) in [5.41, 5.74) is 8.41. The minimum atomic E-state index is -1.09. The number of aromatic hydroxyl groups is 3. The SMILES string of the molecule is C=C(C)CNCc1cc(N(C)C)c2c(c1O)C(O)=C1C(=O)c3c(O)c(C(N)=O)c(O)c(N(C)C)c3C[C@@H]1C2. The first kappa shape index (κ1) is 26.9. The number of nitrogens with zero attached hydrogens (tertiary/aromatic N) is 2. The Morgan fingerprint density at radius 2 is 1.66 bits per heavy atom. The van der Waals surface area contributed by atoms with Gasteiger partial charge in [0.05, 0.1) is 16.8 Å². The maximum Gasteiger partial charge on any atom is 0.256 e. The third-order valence-corrected chi connectivity index (χ3v) is 7.18. The summed E-state index contributed by atoms with van der Waals surface area (Å²) in [5.74, 6) is -3.99. The average molecular weight is 523 g/mol. The minimum absolute atomic E-state index is 0.0400. The van der Waals surface area contributed by atoms with E-state index < -0.39 is 34.7 Å². The molecule has 0 aliphatic heterocycles. The highest BCUT2D eigenvalue weighted by atomic mass is 16.3. The highest BCUT2D eigenvalue weighted by molar-refractivity contribution is 6.20. The fourth-order valence-electron chi connectivity index (χ4n) is 5.60. The number of benzene rings is 2. The van der Waals surface area contributed by atoms with Crippen LogP contribution in [0.5, 0.6) is 17.2 Å². The quantitative estimate of drug-likeness (QED) is 0.300. The van der Waals surface area contributed by atoms with Gasteiger partial charge in [0.2, 0.25) is 0 Å². The van der Waals surface area contributed by atoms with E-state index >= 15 is 0 Å². The molecule has 0 unspecified atom stereocenters. The molecule has 7 N–H and O–H groups in total. The molecule has 1 atom stereocenters. The largest absolute Gasteiger partial charge is 0.507 e. The predicted molar refractivity (Wildman–Crippen MR) is 146 cm³/mol. The molecule has 10 nitrogen and oxygen atoms in total. The van der Waals surface area contributed by atoms with Crippen LogP contribution in [0.4, 0.5) is 11.4 Å². The van der Waals surface area contributed by atoms with Gasteiger partial charge in [-0.25, -0.2) is 0 Å². The van der Waals surface area contributed by atoms with Crippen LogP contribution in [0.3, 0.4) is 0 Å². The number of phenolic OH excluding ortho intramolecular Hbond substituents is 1. The van der Waals surface area contributed by atoms with E-state index in [2.05, 4.69) is 11.9 Å². The number of Topliss-reactive ketones (excluding diaryl/α,β-unsaturated/α-hetero) is 1. The summed E-state index contributed by atoms with van der Waals surface area (Å²) in [4.78, 5) is 29.4. The molecule has 0 saturated carbocycles. The third kappa shape index (κ3) is 4.10. The standard InChI is InChI=1S/C28H34N4O6/c1-12(2)10-30-11-14-9-17(31(3)4)15-7-13-8-16-20(25(35)18(13)24(34)19(15)23(14)33)26(36)21(28(29)38)27(37)22(16)32(5)6/h9,13,30,33-34,36-37H,1,7-8,10-11H2,2-6H3,(H2,29,38)/t13-/m0/s1. The topological polar surface area (TPSA) is 160 Å². The highest BCUT2D eigenvalue weighted by Gasteiger charge is 2.44. The normalized spacial score (nSPS) is 16.0. The number of hydrogen-bond donors (Lipinski definition) is 6. The van der Waals surface area contributed by atoms with Crippen molar-refractivity contribution < 1.29 is 30.0 Å². The van der Waals surface area contributed by atoms with E-state index in [9.17, 15) is 30.0 Å². The second kappa shape index (κ2) is 9.60. The first-order chi connectivity index (χ1) is 17.8. The number of ketones is 1. The third-order valence-electron chi connectivity index (χ3n) is 7.18. The molecule has 0 bridgehead atoms. The Kier molecular flexibility index (Phi) is 6.79. The molecule has 1 amide bonds. The van der Waals surface area contributed by atoms with E-state index in [0.29, 0.717) is 36.2 Å². The van der Waals surface area contributed by atoms with E-state index in [1.165, 1.54) is 0 Å². The zero-order valence-electron chi connectivity index (χ0n) is 22.3. The molecule has 2 aliphatic rings. The minimum Gasteiger partial charge on any atom is -0.507 e. The molecule has 2 aliphatic carbocycles. The van der Waals surface area contributed by atoms with Crippen LogP contribution >= 0.6 is 0 Å². The fourth-order valence-corrected chi connectivity index (χ4v) is 5.60. The maximum absolute atomic E-state index is 13.9. The maximum atomic E-state index is 13.9. The number of nitrogens with two attached hydrogens (primary N) is 1. The van der Waals surface area contributed by atoms with Gasteiger partial charge in [-0.2, -0.15) is 0 Å². The van der Waals surface area contributed by atoms with Gasteiger partial charge >= 0.3 is 0 Å². The summed E-state index contributed by atoms with van der Waals surface area (Å²) in [7, 11) is 7.01. The van der Waals surface area contributed by atoms with Gasteiger partial charge in [0.1, 0.15) is 22.8 Å². The van der Waals surface area contributed by atoms with Crippen molar-refractivity contribution in [2.75, 3.05) is 44.5 Å². The molecule has 0 heterocycles. The lowest BCUT2D eigenvalue weighted by Gasteiger charge is -2.36. The monoisotopic (exact) mass is 522 g/mol. The molecule has 4 rings (SSSR count). The number of carbonyl (C=O) groups is 2. The van der Waals surface area contributed by atoms with Gasteiger partial charge in [0, 0.05) is 58.1 Å². The van der Waals surface area contributed by atoms with Gasteiger partial charge in [-0.05, 0) is 42.9 Å². The van der Waals surface area contributed by atoms with Crippen LogP contribution in [-0.4, -0.2) is 66.9 Å². The van der Waals surface area contributed by atoms with Gasteiger partial charge in [0.15, 0.2) is 11.5 Å². The Hall–Kier alpha value is -4.18. The lowest BCUT2D eigenvalue weighted by molar-refractivity contribution is 0.0994. The Balaban J connectivity index is 1.97. The van der Waals surface area contributed by atoms with Crippen LogP contribution in [0.15, 0.2) is 23.8 Å². The van der Waals surface area contributed by atoms with Gasteiger partial charge in [-0.1, -0.05) is 12.2 Å². The number of amides is 1. The average Bonchev–Trinajstić information content (AvgIpc) is 2.79. The van der Waals surface area contributed by atoms with Crippen LogP contribution in [0.2, 0.25) is 0 Å². The second-order valence-electron chi connectivity index (χ2n) is 10.4. The number of phenols is 3.